The Morgan fingerprint density at radius 2 is 2.00 bits per heavy atom. The second-order valence-electron chi connectivity index (χ2n) is 6.66. The van der Waals surface area contributed by atoms with Gasteiger partial charge in [-0.25, -0.2) is 8.42 Å². The highest BCUT2D eigenvalue weighted by Gasteiger charge is 2.32. The van der Waals surface area contributed by atoms with Gasteiger partial charge in [0.2, 0.25) is 10.0 Å². The maximum Gasteiger partial charge on any atom is 0.265 e. The van der Waals surface area contributed by atoms with Gasteiger partial charge >= 0.3 is 0 Å². The van der Waals surface area contributed by atoms with E-state index in [0.29, 0.717) is 26.2 Å². The van der Waals surface area contributed by atoms with Gasteiger partial charge in [0.25, 0.3) is 5.91 Å². The van der Waals surface area contributed by atoms with Crippen molar-refractivity contribution in [3.63, 3.8) is 0 Å². The molecule has 136 valence electrons. The Bertz CT molecular complexity index is 679. The molecule has 1 amide bonds. The summed E-state index contributed by atoms with van der Waals surface area (Å²) in [5.74, 6) is 1.31. The fraction of sp³-hybridized carbons (Fsp3) is 0.667. The number of thiophene rings is 1. The van der Waals surface area contributed by atoms with Gasteiger partial charge in [0.1, 0.15) is 9.77 Å². The van der Waals surface area contributed by atoms with Crippen LogP contribution in [0.2, 0.25) is 0 Å². The molecule has 1 fully saturated rings. The minimum absolute atomic E-state index is 0.127. The van der Waals surface area contributed by atoms with Crippen LogP contribution in [-0.2, 0) is 10.0 Å². The second-order valence-corrected chi connectivity index (χ2v) is 10.7. The van der Waals surface area contributed by atoms with E-state index in [-0.39, 0.29) is 21.1 Å². The molecule has 9 heteroatoms. The van der Waals surface area contributed by atoms with Crippen LogP contribution in [0.25, 0.3) is 0 Å². The van der Waals surface area contributed by atoms with Gasteiger partial charge in [0.15, 0.2) is 0 Å². The molecule has 1 saturated heterocycles. The van der Waals surface area contributed by atoms with E-state index >= 15 is 0 Å². The molecule has 1 aromatic rings. The Morgan fingerprint density at radius 1 is 1.38 bits per heavy atom. The Balaban J connectivity index is 2.24. The molecule has 0 bridgehead atoms. The van der Waals surface area contributed by atoms with E-state index in [4.69, 9.17) is 5.73 Å². The number of carbonyl (C=O) groups excluding carboxylic acids is 1. The predicted molar refractivity (Wildman–Crippen MR) is 100 cm³/mol. The number of nitrogens with zero attached hydrogens (tertiary/aromatic N) is 2. The van der Waals surface area contributed by atoms with Crippen LogP contribution in [0.4, 0.5) is 0 Å². The number of rotatable bonds is 6. The molecular weight excluding hydrogens is 366 g/mol. The third-order valence-electron chi connectivity index (χ3n) is 3.98. The minimum atomic E-state index is -3.62. The number of hydrogen-bond acceptors (Lipinski definition) is 6. The van der Waals surface area contributed by atoms with Crippen molar-refractivity contribution in [2.75, 3.05) is 44.7 Å². The first-order valence-electron chi connectivity index (χ1n) is 7.80. The van der Waals surface area contributed by atoms with E-state index in [1.54, 1.807) is 29.1 Å². The highest BCUT2D eigenvalue weighted by molar-refractivity contribution is 7.99. The monoisotopic (exact) mass is 391 g/mol. The molecule has 1 aliphatic heterocycles. The molecule has 0 aliphatic carbocycles. The summed E-state index contributed by atoms with van der Waals surface area (Å²) in [5, 5.41) is 1.67. The van der Waals surface area contributed by atoms with Crippen molar-refractivity contribution in [2.45, 2.75) is 18.7 Å². The number of carbonyl (C=O) groups is 1. The summed E-state index contributed by atoms with van der Waals surface area (Å²) < 4.78 is 27.2. The lowest BCUT2D eigenvalue weighted by atomic mass is 9.93. The van der Waals surface area contributed by atoms with Crippen LogP contribution in [0, 0.1) is 5.41 Å². The molecule has 2 heterocycles. The van der Waals surface area contributed by atoms with Gasteiger partial charge in [-0.2, -0.15) is 16.1 Å². The number of amides is 1. The summed E-state index contributed by atoms with van der Waals surface area (Å²) in [6.07, 6.45) is 0. The Hall–Kier alpha value is -0.610. The van der Waals surface area contributed by atoms with Crippen LogP contribution < -0.4 is 5.73 Å². The summed E-state index contributed by atoms with van der Waals surface area (Å²) in [6, 6.07) is 1.54. The molecule has 6 nitrogen and oxygen atoms in total. The van der Waals surface area contributed by atoms with E-state index < -0.39 is 10.0 Å². The molecule has 0 aromatic carbocycles. The minimum Gasteiger partial charge on any atom is -0.340 e. The average molecular weight is 392 g/mol. The van der Waals surface area contributed by atoms with Gasteiger partial charge in [-0.1, -0.05) is 13.8 Å². The standard InChI is InChI=1S/C15H25N3O3S3/c1-15(2,10-16)11-17(3)14(19)13-12(4-7-23-13)24(20,21)18-5-8-22-9-6-18/h4,7H,5-6,8-11,16H2,1-3H3. The first-order chi connectivity index (χ1) is 11.2. The van der Waals surface area contributed by atoms with Crippen LogP contribution in [0.15, 0.2) is 16.3 Å². The summed E-state index contributed by atoms with van der Waals surface area (Å²) >= 11 is 2.92. The van der Waals surface area contributed by atoms with Gasteiger partial charge in [-0.15, -0.1) is 11.3 Å². The number of sulfonamides is 1. The van der Waals surface area contributed by atoms with Crippen LogP contribution in [-0.4, -0.2) is 68.3 Å². The second kappa shape index (κ2) is 7.74. The van der Waals surface area contributed by atoms with E-state index in [0.717, 1.165) is 11.5 Å². The van der Waals surface area contributed by atoms with Crippen molar-refractivity contribution in [2.24, 2.45) is 11.1 Å². The van der Waals surface area contributed by atoms with Crippen LogP contribution in [0.5, 0.6) is 0 Å². The number of thioether (sulfide) groups is 1. The van der Waals surface area contributed by atoms with E-state index in [2.05, 4.69) is 0 Å². The lowest BCUT2D eigenvalue weighted by Gasteiger charge is -2.29. The molecule has 0 unspecified atom stereocenters. The molecule has 2 rings (SSSR count). The molecule has 0 atom stereocenters. The largest absolute Gasteiger partial charge is 0.340 e. The van der Waals surface area contributed by atoms with Crippen LogP contribution >= 0.6 is 23.1 Å². The fourth-order valence-electron chi connectivity index (χ4n) is 2.53. The van der Waals surface area contributed by atoms with Gasteiger partial charge in [0.05, 0.1) is 0 Å². The molecular formula is C15H25N3O3S3. The van der Waals surface area contributed by atoms with Crippen molar-refractivity contribution in [1.29, 1.82) is 0 Å². The molecule has 2 N–H and O–H groups in total. The molecule has 1 aliphatic rings. The van der Waals surface area contributed by atoms with Crippen LogP contribution in [0.1, 0.15) is 23.5 Å². The quantitative estimate of drug-likeness (QED) is 0.795. The summed E-state index contributed by atoms with van der Waals surface area (Å²) in [6.45, 7) is 5.87. The van der Waals surface area contributed by atoms with Crippen molar-refractivity contribution in [3.05, 3.63) is 16.3 Å². The van der Waals surface area contributed by atoms with Crippen LogP contribution in [0.3, 0.4) is 0 Å². The maximum absolute atomic E-state index is 12.9. The highest BCUT2D eigenvalue weighted by atomic mass is 32.2. The van der Waals surface area contributed by atoms with Gasteiger partial charge in [-0.3, -0.25) is 4.79 Å². The molecule has 0 saturated carbocycles. The predicted octanol–water partition coefficient (Wildman–Crippen LogP) is 1.54. The molecule has 24 heavy (non-hydrogen) atoms. The van der Waals surface area contributed by atoms with Crippen molar-refractivity contribution in [3.8, 4) is 0 Å². The van der Waals surface area contributed by atoms with Gasteiger partial charge in [-0.05, 0) is 23.4 Å². The maximum atomic E-state index is 12.9. The number of nitrogens with two attached hydrogens (primary N) is 1. The van der Waals surface area contributed by atoms with Crippen molar-refractivity contribution < 1.29 is 13.2 Å². The van der Waals surface area contributed by atoms with Gasteiger partial charge < -0.3 is 10.6 Å². The third kappa shape index (κ3) is 4.32. The Labute approximate surface area is 152 Å². The first-order valence-corrected chi connectivity index (χ1v) is 11.3. The molecule has 1 aromatic heterocycles. The summed E-state index contributed by atoms with van der Waals surface area (Å²) in [4.78, 5) is 14.7. The van der Waals surface area contributed by atoms with E-state index in [9.17, 15) is 13.2 Å². The average Bonchev–Trinajstić information content (AvgIpc) is 3.05. The summed E-state index contributed by atoms with van der Waals surface area (Å²) in [7, 11) is -1.93. The SMILES string of the molecule is CN(CC(C)(C)CN)C(=O)c1sccc1S(=O)(=O)N1CCSCC1. The van der Waals surface area contributed by atoms with Crippen molar-refractivity contribution in [1.82, 2.24) is 9.21 Å². The zero-order valence-electron chi connectivity index (χ0n) is 14.3. The summed E-state index contributed by atoms with van der Waals surface area (Å²) in [5.41, 5.74) is 5.51. The first kappa shape index (κ1) is 19.7. The molecule has 0 spiro atoms. The lowest BCUT2D eigenvalue weighted by Crippen LogP contribution is -2.41. The highest BCUT2D eigenvalue weighted by Crippen LogP contribution is 2.28. The smallest absolute Gasteiger partial charge is 0.265 e. The van der Waals surface area contributed by atoms with E-state index in [1.807, 2.05) is 13.8 Å². The molecule has 0 radical (unpaired) electrons. The van der Waals surface area contributed by atoms with E-state index in [1.165, 1.54) is 21.7 Å². The zero-order valence-corrected chi connectivity index (χ0v) is 16.8. The Kier molecular flexibility index (Phi) is 6.35. The lowest BCUT2D eigenvalue weighted by molar-refractivity contribution is 0.0742. The van der Waals surface area contributed by atoms with Crippen molar-refractivity contribution >= 4 is 39.0 Å². The topological polar surface area (TPSA) is 83.7 Å². The zero-order chi connectivity index (χ0) is 18.0. The number of hydrogen-bond donors (Lipinski definition) is 1. The van der Waals surface area contributed by atoms with Gasteiger partial charge in [0, 0.05) is 38.2 Å². The third-order valence-corrected chi connectivity index (χ3v) is 7.89. The Morgan fingerprint density at radius 3 is 2.58 bits per heavy atom. The fourth-order valence-corrected chi connectivity index (χ4v) is 6.50. The normalized spacial score (nSPS) is 17.0.